The molecular weight excluding hydrogens is 381 g/mol. The zero-order valence-corrected chi connectivity index (χ0v) is 15.9. The molecular formula is C21H23F3N4O. The summed E-state index contributed by atoms with van der Waals surface area (Å²) < 4.78 is 38.9. The average molecular weight is 404 g/mol. The van der Waals surface area contributed by atoms with Crippen molar-refractivity contribution in [3.63, 3.8) is 0 Å². The molecule has 3 rings (SSSR count). The summed E-state index contributed by atoms with van der Waals surface area (Å²) in [6.45, 7) is 4.25. The lowest BCUT2D eigenvalue weighted by atomic mass is 10.1. The fourth-order valence-electron chi connectivity index (χ4n) is 3.23. The van der Waals surface area contributed by atoms with E-state index in [-0.39, 0.29) is 18.0 Å². The number of halogens is 3. The van der Waals surface area contributed by atoms with E-state index in [1.165, 1.54) is 23.8 Å². The van der Waals surface area contributed by atoms with E-state index in [1.54, 1.807) is 0 Å². The van der Waals surface area contributed by atoms with Crippen LogP contribution in [0, 0.1) is 0 Å². The van der Waals surface area contributed by atoms with Crippen LogP contribution >= 0.6 is 0 Å². The number of carbonyl (C=O) groups excluding carboxylic acids is 1. The highest BCUT2D eigenvalue weighted by molar-refractivity contribution is 5.84. The molecule has 5 nitrogen and oxygen atoms in total. The first-order chi connectivity index (χ1) is 13.9. The Hall–Kier alpha value is -2.71. The van der Waals surface area contributed by atoms with Crippen molar-refractivity contribution in [1.29, 1.82) is 0 Å². The average Bonchev–Trinajstić information content (AvgIpc) is 2.70. The van der Waals surface area contributed by atoms with Crippen molar-refractivity contribution in [2.45, 2.75) is 12.7 Å². The van der Waals surface area contributed by atoms with E-state index in [2.05, 4.69) is 27.6 Å². The first kappa shape index (κ1) is 21.0. The molecule has 29 heavy (non-hydrogen) atoms. The fourth-order valence-corrected chi connectivity index (χ4v) is 3.23. The quantitative estimate of drug-likeness (QED) is 0.595. The largest absolute Gasteiger partial charge is 0.417 e. The number of piperazine rings is 1. The van der Waals surface area contributed by atoms with Gasteiger partial charge < -0.3 is 0 Å². The van der Waals surface area contributed by atoms with Crippen molar-refractivity contribution >= 4 is 12.1 Å². The summed E-state index contributed by atoms with van der Waals surface area (Å²) in [4.78, 5) is 16.4. The van der Waals surface area contributed by atoms with Gasteiger partial charge in [0.05, 0.1) is 18.3 Å². The van der Waals surface area contributed by atoms with Crippen molar-refractivity contribution in [3.8, 4) is 0 Å². The lowest BCUT2D eigenvalue weighted by Gasteiger charge is -2.34. The Morgan fingerprint density at radius 3 is 2.28 bits per heavy atom. The molecule has 1 saturated heterocycles. The topological polar surface area (TPSA) is 47.9 Å². The predicted octanol–water partition coefficient (Wildman–Crippen LogP) is 2.97. The smallest absolute Gasteiger partial charge is 0.297 e. The van der Waals surface area contributed by atoms with Gasteiger partial charge >= 0.3 is 6.18 Å². The molecule has 0 saturated carbocycles. The van der Waals surface area contributed by atoms with E-state index in [0.29, 0.717) is 0 Å². The second-order valence-corrected chi connectivity index (χ2v) is 6.92. The third-order valence-corrected chi connectivity index (χ3v) is 4.74. The van der Waals surface area contributed by atoms with Gasteiger partial charge in [-0.3, -0.25) is 14.6 Å². The molecule has 1 aliphatic heterocycles. The number of nitrogens with zero attached hydrogens (tertiary/aromatic N) is 3. The summed E-state index contributed by atoms with van der Waals surface area (Å²) in [5.41, 5.74) is 2.70. The van der Waals surface area contributed by atoms with E-state index in [1.807, 2.05) is 23.1 Å². The number of rotatable bonds is 6. The zero-order chi connectivity index (χ0) is 20.7. The summed E-state index contributed by atoms with van der Waals surface area (Å²) in [6, 6.07) is 15.3. The van der Waals surface area contributed by atoms with Gasteiger partial charge in [-0.25, -0.2) is 5.43 Å². The lowest BCUT2D eigenvalue weighted by molar-refractivity contribution is -0.137. The summed E-state index contributed by atoms with van der Waals surface area (Å²) in [6.07, 6.45) is -3.44. The SMILES string of the molecule is O=C(CN1CCN(Cc2ccccc2)CC1)N/N=C\c1ccccc1C(F)(F)F. The summed E-state index contributed by atoms with van der Waals surface area (Å²) in [5.74, 6) is -0.345. The van der Waals surface area contributed by atoms with Gasteiger partial charge in [0.2, 0.25) is 0 Å². The molecule has 0 unspecified atom stereocenters. The highest BCUT2D eigenvalue weighted by atomic mass is 19.4. The van der Waals surface area contributed by atoms with Crippen LogP contribution in [0.1, 0.15) is 16.7 Å². The van der Waals surface area contributed by atoms with Gasteiger partial charge in [-0.15, -0.1) is 0 Å². The lowest BCUT2D eigenvalue weighted by Crippen LogP contribution is -2.48. The Morgan fingerprint density at radius 2 is 1.59 bits per heavy atom. The number of alkyl halides is 3. The van der Waals surface area contributed by atoms with Crippen molar-refractivity contribution in [1.82, 2.24) is 15.2 Å². The minimum atomic E-state index is -4.47. The summed E-state index contributed by atoms with van der Waals surface area (Å²) in [7, 11) is 0. The maximum absolute atomic E-state index is 13.0. The van der Waals surface area contributed by atoms with Gasteiger partial charge in [0, 0.05) is 38.3 Å². The molecule has 1 N–H and O–H groups in total. The first-order valence-electron chi connectivity index (χ1n) is 9.38. The number of benzene rings is 2. The van der Waals surface area contributed by atoms with Crippen LogP contribution in [0.15, 0.2) is 59.7 Å². The van der Waals surface area contributed by atoms with Crippen molar-refractivity contribution in [3.05, 3.63) is 71.3 Å². The minimum absolute atomic E-state index is 0.0881. The first-order valence-corrected chi connectivity index (χ1v) is 9.38. The van der Waals surface area contributed by atoms with Crippen molar-refractivity contribution in [2.75, 3.05) is 32.7 Å². The number of hydrogen-bond acceptors (Lipinski definition) is 4. The molecule has 1 heterocycles. The molecule has 2 aromatic carbocycles. The molecule has 0 aromatic heterocycles. The molecule has 1 amide bonds. The molecule has 8 heteroatoms. The number of hydrazone groups is 1. The van der Waals surface area contributed by atoms with E-state index in [9.17, 15) is 18.0 Å². The highest BCUT2D eigenvalue weighted by Crippen LogP contribution is 2.31. The molecule has 0 atom stereocenters. The molecule has 1 aliphatic rings. The van der Waals surface area contributed by atoms with E-state index in [0.717, 1.165) is 45.0 Å². The van der Waals surface area contributed by atoms with Gasteiger partial charge in [0.1, 0.15) is 0 Å². The Labute approximate surface area is 167 Å². The maximum Gasteiger partial charge on any atom is 0.417 e. The normalized spacial score (nSPS) is 16.2. The van der Waals surface area contributed by atoms with Crippen LogP contribution in [0.2, 0.25) is 0 Å². The Morgan fingerprint density at radius 1 is 0.966 bits per heavy atom. The van der Waals surface area contributed by atoms with Gasteiger partial charge in [-0.1, -0.05) is 48.5 Å². The maximum atomic E-state index is 13.0. The van der Waals surface area contributed by atoms with Crippen LogP contribution in [0.3, 0.4) is 0 Å². The van der Waals surface area contributed by atoms with Crippen LogP contribution in [0.4, 0.5) is 13.2 Å². The van der Waals surface area contributed by atoms with Crippen molar-refractivity contribution < 1.29 is 18.0 Å². The van der Waals surface area contributed by atoms with Gasteiger partial charge in [-0.2, -0.15) is 18.3 Å². The number of carbonyl (C=O) groups is 1. The van der Waals surface area contributed by atoms with Crippen LogP contribution in [0.25, 0.3) is 0 Å². The molecule has 1 fully saturated rings. The van der Waals surface area contributed by atoms with Crippen LogP contribution < -0.4 is 5.43 Å². The summed E-state index contributed by atoms with van der Waals surface area (Å²) >= 11 is 0. The van der Waals surface area contributed by atoms with E-state index < -0.39 is 11.7 Å². The van der Waals surface area contributed by atoms with E-state index >= 15 is 0 Å². The third-order valence-electron chi connectivity index (χ3n) is 4.74. The zero-order valence-electron chi connectivity index (χ0n) is 15.9. The molecule has 0 radical (unpaired) electrons. The standard InChI is InChI=1S/C21H23F3N4O/c22-21(23,24)19-9-5-4-8-18(19)14-25-26-20(29)16-28-12-10-27(11-13-28)15-17-6-2-1-3-7-17/h1-9,14H,10-13,15-16H2,(H,26,29)/b25-14-. The fraction of sp³-hybridized carbons (Fsp3) is 0.333. The highest BCUT2D eigenvalue weighted by Gasteiger charge is 2.32. The van der Waals surface area contributed by atoms with Crippen molar-refractivity contribution in [2.24, 2.45) is 5.10 Å². The van der Waals surface area contributed by atoms with Crippen LogP contribution in [0.5, 0.6) is 0 Å². The molecule has 0 bridgehead atoms. The number of amides is 1. The predicted molar refractivity (Wildman–Crippen MR) is 105 cm³/mol. The third kappa shape index (κ3) is 6.40. The Kier molecular flexibility index (Phi) is 7.00. The number of hydrogen-bond donors (Lipinski definition) is 1. The van der Waals surface area contributed by atoms with Gasteiger partial charge in [0.15, 0.2) is 0 Å². The van der Waals surface area contributed by atoms with Gasteiger partial charge in [-0.05, 0) is 11.6 Å². The molecule has 0 spiro atoms. The summed E-state index contributed by atoms with van der Waals surface area (Å²) in [5, 5.41) is 3.69. The molecule has 0 aliphatic carbocycles. The minimum Gasteiger partial charge on any atom is -0.297 e. The second-order valence-electron chi connectivity index (χ2n) is 6.92. The van der Waals surface area contributed by atoms with E-state index in [4.69, 9.17) is 0 Å². The second kappa shape index (κ2) is 9.67. The Balaban J connectivity index is 1.43. The molecule has 2 aromatic rings. The monoisotopic (exact) mass is 404 g/mol. The molecule has 154 valence electrons. The Bertz CT molecular complexity index is 831. The van der Waals surface area contributed by atoms with Gasteiger partial charge in [0.25, 0.3) is 5.91 Å². The number of nitrogens with one attached hydrogen (secondary N) is 1. The van der Waals surface area contributed by atoms with Crippen LogP contribution in [-0.2, 0) is 17.5 Å². The van der Waals surface area contributed by atoms with Crippen LogP contribution in [-0.4, -0.2) is 54.6 Å².